The molecule has 3 aromatic heterocycles. The molecule has 0 fully saturated rings. The van der Waals surface area contributed by atoms with Crippen LogP contribution in [0, 0.1) is 6.92 Å². The lowest BCUT2D eigenvalue weighted by atomic mass is 10.1. The minimum Gasteiger partial charge on any atom is -0.396 e. The SMILES string of the molecule is Cc1nc2cccnc2c(N)c1-c1cccnn1. The molecule has 2 N–H and O–H groups in total. The first-order chi connectivity index (χ1) is 8.77. The molecule has 3 rings (SSSR count). The highest BCUT2D eigenvalue weighted by Gasteiger charge is 2.13. The van der Waals surface area contributed by atoms with Gasteiger partial charge in [-0.3, -0.25) is 9.97 Å². The second-order valence-electron chi connectivity index (χ2n) is 3.97. The molecule has 0 aliphatic carbocycles. The lowest BCUT2D eigenvalue weighted by molar-refractivity contribution is 1.03. The van der Waals surface area contributed by atoms with Gasteiger partial charge in [0, 0.05) is 23.7 Å². The van der Waals surface area contributed by atoms with Gasteiger partial charge in [-0.15, -0.1) is 0 Å². The third-order valence-electron chi connectivity index (χ3n) is 2.79. The fourth-order valence-electron chi connectivity index (χ4n) is 2.00. The van der Waals surface area contributed by atoms with Gasteiger partial charge >= 0.3 is 0 Å². The summed E-state index contributed by atoms with van der Waals surface area (Å²) in [6.45, 7) is 1.91. The fraction of sp³-hybridized carbons (Fsp3) is 0.0769. The lowest BCUT2D eigenvalue weighted by Crippen LogP contribution is -2.00. The third kappa shape index (κ3) is 1.57. The molecule has 0 spiro atoms. The molecule has 5 nitrogen and oxygen atoms in total. The molecule has 0 unspecified atom stereocenters. The standard InChI is InChI=1S/C13H11N5/c1-8-11(9-4-3-7-16-18-9)12(14)13-10(17-8)5-2-6-15-13/h2-7H,1H3,(H2,14,17). The minimum atomic E-state index is 0.596. The Hall–Kier alpha value is -2.56. The summed E-state index contributed by atoms with van der Waals surface area (Å²) in [5.74, 6) is 0. The molecular formula is C13H11N5. The molecule has 0 aliphatic rings. The van der Waals surface area contributed by atoms with E-state index in [0.29, 0.717) is 16.9 Å². The highest BCUT2D eigenvalue weighted by molar-refractivity contribution is 5.95. The first-order valence-corrected chi connectivity index (χ1v) is 5.56. The van der Waals surface area contributed by atoms with Crippen LogP contribution in [0.3, 0.4) is 0 Å². The topological polar surface area (TPSA) is 77.6 Å². The summed E-state index contributed by atoms with van der Waals surface area (Å²) < 4.78 is 0. The summed E-state index contributed by atoms with van der Waals surface area (Å²) in [5, 5.41) is 7.95. The van der Waals surface area contributed by atoms with Crippen molar-refractivity contribution in [2.75, 3.05) is 5.73 Å². The lowest BCUT2D eigenvalue weighted by Gasteiger charge is -2.10. The van der Waals surface area contributed by atoms with Crippen molar-refractivity contribution in [3.8, 4) is 11.3 Å². The molecule has 0 aromatic carbocycles. The van der Waals surface area contributed by atoms with Crippen LogP contribution >= 0.6 is 0 Å². The Morgan fingerprint density at radius 2 is 1.94 bits per heavy atom. The summed E-state index contributed by atoms with van der Waals surface area (Å²) in [5.41, 5.74) is 10.6. The quantitative estimate of drug-likeness (QED) is 0.700. The summed E-state index contributed by atoms with van der Waals surface area (Å²) in [6.07, 6.45) is 3.33. The Morgan fingerprint density at radius 3 is 2.72 bits per heavy atom. The number of hydrogen-bond acceptors (Lipinski definition) is 5. The summed E-state index contributed by atoms with van der Waals surface area (Å²) in [6, 6.07) is 7.42. The molecule has 5 heteroatoms. The number of aryl methyl sites for hydroxylation is 1. The van der Waals surface area contributed by atoms with Crippen LogP contribution in [0.2, 0.25) is 0 Å². The average molecular weight is 237 g/mol. The molecule has 0 amide bonds. The van der Waals surface area contributed by atoms with Crippen LogP contribution in [0.5, 0.6) is 0 Å². The summed E-state index contributed by atoms with van der Waals surface area (Å²) in [4.78, 5) is 8.77. The highest BCUT2D eigenvalue weighted by Crippen LogP contribution is 2.31. The molecule has 0 radical (unpaired) electrons. The third-order valence-corrected chi connectivity index (χ3v) is 2.79. The minimum absolute atomic E-state index is 0.596. The molecule has 0 bridgehead atoms. The largest absolute Gasteiger partial charge is 0.396 e. The number of aromatic nitrogens is 4. The normalized spacial score (nSPS) is 10.7. The molecule has 0 saturated carbocycles. The van der Waals surface area contributed by atoms with Gasteiger partial charge < -0.3 is 5.73 Å². The summed E-state index contributed by atoms with van der Waals surface area (Å²) >= 11 is 0. The van der Waals surface area contributed by atoms with Crippen molar-refractivity contribution in [2.24, 2.45) is 0 Å². The fourth-order valence-corrected chi connectivity index (χ4v) is 2.00. The molecule has 18 heavy (non-hydrogen) atoms. The highest BCUT2D eigenvalue weighted by atomic mass is 15.1. The van der Waals surface area contributed by atoms with Crippen molar-refractivity contribution in [1.29, 1.82) is 0 Å². The smallest absolute Gasteiger partial charge is 0.112 e. The van der Waals surface area contributed by atoms with Gasteiger partial charge in [0.05, 0.1) is 16.9 Å². The zero-order valence-corrected chi connectivity index (χ0v) is 9.83. The van der Waals surface area contributed by atoms with Gasteiger partial charge in [0.15, 0.2) is 0 Å². The van der Waals surface area contributed by atoms with E-state index in [0.717, 1.165) is 16.8 Å². The van der Waals surface area contributed by atoms with E-state index in [9.17, 15) is 0 Å². The van der Waals surface area contributed by atoms with Crippen molar-refractivity contribution < 1.29 is 0 Å². The van der Waals surface area contributed by atoms with Crippen molar-refractivity contribution in [3.63, 3.8) is 0 Å². The predicted octanol–water partition coefficient (Wildman–Crippen LogP) is 1.98. The number of rotatable bonds is 1. The van der Waals surface area contributed by atoms with E-state index in [4.69, 9.17) is 5.73 Å². The van der Waals surface area contributed by atoms with Gasteiger partial charge in [0.2, 0.25) is 0 Å². The first kappa shape index (κ1) is 10.6. The van der Waals surface area contributed by atoms with Crippen LogP contribution in [-0.4, -0.2) is 20.2 Å². The maximum atomic E-state index is 6.18. The van der Waals surface area contributed by atoms with E-state index in [-0.39, 0.29) is 0 Å². The average Bonchev–Trinajstić information content (AvgIpc) is 2.40. The molecular weight excluding hydrogens is 226 g/mol. The van der Waals surface area contributed by atoms with Crippen LogP contribution in [0.4, 0.5) is 5.69 Å². The predicted molar refractivity (Wildman–Crippen MR) is 69.7 cm³/mol. The maximum absolute atomic E-state index is 6.18. The molecule has 0 aliphatic heterocycles. The van der Waals surface area contributed by atoms with Gasteiger partial charge in [0.25, 0.3) is 0 Å². The number of anilines is 1. The number of fused-ring (bicyclic) bond motifs is 1. The Labute approximate surface area is 104 Å². The van der Waals surface area contributed by atoms with E-state index >= 15 is 0 Å². The Balaban J connectivity index is 2.37. The van der Waals surface area contributed by atoms with Gasteiger partial charge in [-0.05, 0) is 31.2 Å². The Morgan fingerprint density at radius 1 is 1.11 bits per heavy atom. The van der Waals surface area contributed by atoms with E-state index < -0.39 is 0 Å². The molecule has 3 aromatic rings. The van der Waals surface area contributed by atoms with E-state index in [1.54, 1.807) is 12.4 Å². The van der Waals surface area contributed by atoms with Crippen LogP contribution < -0.4 is 5.73 Å². The maximum Gasteiger partial charge on any atom is 0.112 e. The van der Waals surface area contributed by atoms with Crippen LogP contribution in [0.1, 0.15) is 5.69 Å². The number of nitrogens with two attached hydrogens (primary N) is 1. The molecule has 0 atom stereocenters. The zero-order valence-electron chi connectivity index (χ0n) is 9.83. The Bertz CT molecular complexity index is 709. The number of nitrogen functional groups attached to an aromatic ring is 1. The first-order valence-electron chi connectivity index (χ1n) is 5.56. The Kier molecular flexibility index (Phi) is 2.37. The summed E-state index contributed by atoms with van der Waals surface area (Å²) in [7, 11) is 0. The van der Waals surface area contributed by atoms with E-state index in [2.05, 4.69) is 20.2 Å². The molecule has 88 valence electrons. The number of nitrogens with zero attached hydrogens (tertiary/aromatic N) is 4. The van der Waals surface area contributed by atoms with E-state index in [1.165, 1.54) is 0 Å². The van der Waals surface area contributed by atoms with Crippen LogP contribution in [0.25, 0.3) is 22.3 Å². The zero-order chi connectivity index (χ0) is 12.5. The molecule has 0 saturated heterocycles. The monoisotopic (exact) mass is 237 g/mol. The number of pyridine rings is 2. The van der Waals surface area contributed by atoms with Gasteiger partial charge in [0.1, 0.15) is 5.52 Å². The number of hydrogen-bond donors (Lipinski definition) is 1. The van der Waals surface area contributed by atoms with Crippen molar-refractivity contribution in [2.45, 2.75) is 6.92 Å². The van der Waals surface area contributed by atoms with Gasteiger partial charge in [-0.2, -0.15) is 10.2 Å². The van der Waals surface area contributed by atoms with E-state index in [1.807, 2.05) is 31.2 Å². The second-order valence-corrected chi connectivity index (χ2v) is 3.97. The van der Waals surface area contributed by atoms with Crippen molar-refractivity contribution in [1.82, 2.24) is 20.2 Å². The second kappa shape index (κ2) is 4.03. The van der Waals surface area contributed by atoms with Gasteiger partial charge in [-0.1, -0.05) is 0 Å². The van der Waals surface area contributed by atoms with Crippen LogP contribution in [-0.2, 0) is 0 Å². The molecule has 3 heterocycles. The van der Waals surface area contributed by atoms with Crippen LogP contribution in [0.15, 0.2) is 36.7 Å². The van der Waals surface area contributed by atoms with Crippen molar-refractivity contribution in [3.05, 3.63) is 42.4 Å². The van der Waals surface area contributed by atoms with Crippen molar-refractivity contribution >= 4 is 16.7 Å². The van der Waals surface area contributed by atoms with Gasteiger partial charge in [-0.25, -0.2) is 0 Å².